The number of carbonyl (C=O) groups is 2. The number of aromatic carboxylic acids is 1. The third kappa shape index (κ3) is 3.43. The van der Waals surface area contributed by atoms with Crippen molar-refractivity contribution in [3.8, 4) is 0 Å². The SMILES string of the molecule is O=C(NCCC1=CCCCC1)c1nc[nH]c1C(=O)O. The summed E-state index contributed by atoms with van der Waals surface area (Å²) in [6.45, 7) is 0.511. The molecule has 19 heavy (non-hydrogen) atoms. The second-order valence-electron chi connectivity index (χ2n) is 4.55. The first kappa shape index (κ1) is 13.3. The molecule has 1 aliphatic rings. The van der Waals surface area contributed by atoms with E-state index in [2.05, 4.69) is 21.4 Å². The van der Waals surface area contributed by atoms with Gasteiger partial charge in [-0.05, 0) is 32.1 Å². The molecule has 0 saturated carbocycles. The van der Waals surface area contributed by atoms with Gasteiger partial charge in [0.15, 0.2) is 11.4 Å². The molecule has 0 saturated heterocycles. The summed E-state index contributed by atoms with van der Waals surface area (Å²) in [5.74, 6) is -1.63. The topological polar surface area (TPSA) is 95.1 Å². The number of rotatable bonds is 5. The number of nitrogens with one attached hydrogen (secondary N) is 2. The van der Waals surface area contributed by atoms with Crippen LogP contribution >= 0.6 is 0 Å². The number of allylic oxidation sites excluding steroid dienone is 1. The molecule has 6 heteroatoms. The van der Waals surface area contributed by atoms with Crippen molar-refractivity contribution in [2.45, 2.75) is 32.1 Å². The molecule has 0 aliphatic heterocycles. The van der Waals surface area contributed by atoms with Gasteiger partial charge in [0.2, 0.25) is 0 Å². The minimum absolute atomic E-state index is 0.0647. The lowest BCUT2D eigenvalue weighted by molar-refractivity contribution is 0.0685. The Morgan fingerprint density at radius 3 is 2.95 bits per heavy atom. The van der Waals surface area contributed by atoms with Crippen LogP contribution in [-0.4, -0.2) is 33.5 Å². The molecule has 1 aromatic rings. The van der Waals surface area contributed by atoms with Crippen molar-refractivity contribution in [1.82, 2.24) is 15.3 Å². The minimum atomic E-state index is -1.18. The number of imidazole rings is 1. The zero-order valence-corrected chi connectivity index (χ0v) is 10.6. The van der Waals surface area contributed by atoms with E-state index in [1.54, 1.807) is 0 Å². The lowest BCUT2D eigenvalue weighted by Gasteiger charge is -2.12. The largest absolute Gasteiger partial charge is 0.477 e. The number of nitrogens with zero attached hydrogens (tertiary/aromatic N) is 1. The predicted molar refractivity (Wildman–Crippen MR) is 69.0 cm³/mol. The Labute approximate surface area is 110 Å². The van der Waals surface area contributed by atoms with Gasteiger partial charge in [-0.2, -0.15) is 0 Å². The standard InChI is InChI=1S/C13H17N3O3/c17-12(10-11(13(18)19)16-8-15-10)14-7-6-9-4-2-1-3-5-9/h4,8H,1-3,5-7H2,(H,14,17)(H,15,16)(H,18,19). The molecule has 0 aromatic carbocycles. The van der Waals surface area contributed by atoms with E-state index in [1.165, 1.54) is 24.7 Å². The second kappa shape index (κ2) is 6.17. The monoisotopic (exact) mass is 263 g/mol. The second-order valence-corrected chi connectivity index (χ2v) is 4.55. The highest BCUT2D eigenvalue weighted by molar-refractivity contribution is 6.02. The highest BCUT2D eigenvalue weighted by Crippen LogP contribution is 2.19. The van der Waals surface area contributed by atoms with Crippen LogP contribution in [0.25, 0.3) is 0 Å². The Balaban J connectivity index is 1.85. The van der Waals surface area contributed by atoms with Crippen LogP contribution in [0.2, 0.25) is 0 Å². The van der Waals surface area contributed by atoms with Crippen molar-refractivity contribution in [2.75, 3.05) is 6.54 Å². The summed E-state index contributed by atoms with van der Waals surface area (Å²) in [6.07, 6.45) is 8.92. The van der Waals surface area contributed by atoms with Gasteiger partial charge >= 0.3 is 5.97 Å². The van der Waals surface area contributed by atoms with Gasteiger partial charge in [-0.3, -0.25) is 4.79 Å². The molecule has 0 unspecified atom stereocenters. The molecular formula is C13H17N3O3. The molecular weight excluding hydrogens is 246 g/mol. The molecule has 3 N–H and O–H groups in total. The van der Waals surface area contributed by atoms with Crippen LogP contribution in [0.3, 0.4) is 0 Å². The number of hydrogen-bond acceptors (Lipinski definition) is 3. The van der Waals surface area contributed by atoms with E-state index in [0.717, 1.165) is 19.3 Å². The van der Waals surface area contributed by atoms with Crippen LogP contribution in [-0.2, 0) is 0 Å². The molecule has 0 spiro atoms. The number of carboxylic acids is 1. The molecule has 1 amide bonds. The third-order valence-corrected chi connectivity index (χ3v) is 3.18. The van der Waals surface area contributed by atoms with Gasteiger partial charge in [0, 0.05) is 6.54 Å². The number of carboxylic acid groups (broad SMARTS) is 1. The minimum Gasteiger partial charge on any atom is -0.477 e. The summed E-state index contributed by atoms with van der Waals surface area (Å²) < 4.78 is 0. The molecule has 0 atom stereocenters. The van der Waals surface area contributed by atoms with E-state index in [9.17, 15) is 9.59 Å². The summed E-state index contributed by atoms with van der Waals surface area (Å²) >= 11 is 0. The van der Waals surface area contributed by atoms with Crippen molar-refractivity contribution >= 4 is 11.9 Å². The maximum absolute atomic E-state index is 11.8. The molecule has 102 valence electrons. The summed E-state index contributed by atoms with van der Waals surface area (Å²) in [7, 11) is 0. The third-order valence-electron chi connectivity index (χ3n) is 3.18. The zero-order chi connectivity index (χ0) is 13.7. The number of hydrogen-bond donors (Lipinski definition) is 3. The van der Waals surface area contributed by atoms with Gasteiger partial charge in [0.25, 0.3) is 5.91 Å². The highest BCUT2D eigenvalue weighted by atomic mass is 16.4. The Morgan fingerprint density at radius 1 is 1.42 bits per heavy atom. The number of aromatic nitrogens is 2. The fraction of sp³-hybridized carbons (Fsp3) is 0.462. The van der Waals surface area contributed by atoms with Gasteiger partial charge < -0.3 is 15.4 Å². The smallest absolute Gasteiger partial charge is 0.354 e. The lowest BCUT2D eigenvalue weighted by Crippen LogP contribution is -2.27. The molecule has 6 nitrogen and oxygen atoms in total. The van der Waals surface area contributed by atoms with Crippen LogP contribution < -0.4 is 5.32 Å². The maximum atomic E-state index is 11.8. The van der Waals surface area contributed by atoms with E-state index < -0.39 is 11.9 Å². The summed E-state index contributed by atoms with van der Waals surface area (Å²) in [4.78, 5) is 28.8. The Kier molecular flexibility index (Phi) is 4.33. The quantitative estimate of drug-likeness (QED) is 0.705. The van der Waals surface area contributed by atoms with E-state index in [-0.39, 0.29) is 11.4 Å². The normalized spacial score (nSPS) is 14.8. The van der Waals surface area contributed by atoms with Crippen LogP contribution in [0.15, 0.2) is 18.0 Å². The molecule has 1 heterocycles. The van der Waals surface area contributed by atoms with E-state index >= 15 is 0 Å². The van der Waals surface area contributed by atoms with Crippen molar-refractivity contribution in [1.29, 1.82) is 0 Å². The first-order valence-corrected chi connectivity index (χ1v) is 6.41. The van der Waals surface area contributed by atoms with Gasteiger partial charge in [0.1, 0.15) is 0 Å². The zero-order valence-electron chi connectivity index (χ0n) is 10.6. The molecule has 1 aromatic heterocycles. The van der Waals surface area contributed by atoms with E-state index in [4.69, 9.17) is 5.11 Å². The molecule has 1 aliphatic carbocycles. The molecule has 0 bridgehead atoms. The average molecular weight is 263 g/mol. The lowest BCUT2D eigenvalue weighted by atomic mass is 9.97. The fourth-order valence-electron chi connectivity index (χ4n) is 2.18. The number of aromatic amines is 1. The van der Waals surface area contributed by atoms with E-state index in [1.807, 2.05) is 0 Å². The molecule has 2 rings (SSSR count). The number of carbonyl (C=O) groups excluding carboxylic acids is 1. The van der Waals surface area contributed by atoms with Gasteiger partial charge in [-0.25, -0.2) is 9.78 Å². The van der Waals surface area contributed by atoms with Crippen molar-refractivity contribution in [3.63, 3.8) is 0 Å². The predicted octanol–water partition coefficient (Wildman–Crippen LogP) is 1.73. The number of amides is 1. The van der Waals surface area contributed by atoms with Crippen LogP contribution in [0.4, 0.5) is 0 Å². The highest BCUT2D eigenvalue weighted by Gasteiger charge is 2.19. The number of H-pyrrole nitrogens is 1. The van der Waals surface area contributed by atoms with Crippen molar-refractivity contribution < 1.29 is 14.7 Å². The van der Waals surface area contributed by atoms with Crippen LogP contribution in [0.5, 0.6) is 0 Å². The summed E-state index contributed by atoms with van der Waals surface area (Å²) in [5.41, 5.74) is 1.13. The maximum Gasteiger partial charge on any atom is 0.354 e. The first-order chi connectivity index (χ1) is 9.18. The average Bonchev–Trinajstić information content (AvgIpc) is 2.89. The van der Waals surface area contributed by atoms with E-state index in [0.29, 0.717) is 6.54 Å². The van der Waals surface area contributed by atoms with Crippen molar-refractivity contribution in [3.05, 3.63) is 29.4 Å². The Morgan fingerprint density at radius 2 is 2.26 bits per heavy atom. The summed E-state index contributed by atoms with van der Waals surface area (Å²) in [5, 5.41) is 11.6. The van der Waals surface area contributed by atoms with Gasteiger partial charge in [-0.1, -0.05) is 11.6 Å². The Hall–Kier alpha value is -2.11. The van der Waals surface area contributed by atoms with Crippen LogP contribution in [0, 0.1) is 0 Å². The summed E-state index contributed by atoms with van der Waals surface area (Å²) in [6, 6.07) is 0. The van der Waals surface area contributed by atoms with Gasteiger partial charge in [-0.15, -0.1) is 0 Å². The fourth-order valence-corrected chi connectivity index (χ4v) is 2.18. The van der Waals surface area contributed by atoms with Crippen molar-refractivity contribution in [2.24, 2.45) is 0 Å². The van der Waals surface area contributed by atoms with Crippen LogP contribution in [0.1, 0.15) is 53.1 Å². The van der Waals surface area contributed by atoms with Gasteiger partial charge in [0.05, 0.1) is 6.33 Å². The first-order valence-electron chi connectivity index (χ1n) is 6.41. The molecule has 0 radical (unpaired) electrons. The molecule has 0 fully saturated rings. The Bertz CT molecular complexity index is 505.